The predicted octanol–water partition coefficient (Wildman–Crippen LogP) is 3.15. The molecule has 2 rings (SSSR count). The Labute approximate surface area is 106 Å². The lowest BCUT2D eigenvalue weighted by atomic mass is 10.1. The molecule has 0 unspecified atom stereocenters. The van der Waals surface area contributed by atoms with Crippen LogP contribution < -0.4 is 5.32 Å². The van der Waals surface area contributed by atoms with E-state index in [4.69, 9.17) is 0 Å². The molecule has 1 aromatic heterocycles. The SMILES string of the molecule is CCCCNc1cc(C(=O)O)c2ccccc2n1. The average molecular weight is 244 g/mol. The Morgan fingerprint density at radius 2 is 2.17 bits per heavy atom. The number of carboxylic acid groups (broad SMARTS) is 1. The Hall–Kier alpha value is -2.10. The van der Waals surface area contributed by atoms with E-state index < -0.39 is 5.97 Å². The van der Waals surface area contributed by atoms with Gasteiger partial charge in [0.1, 0.15) is 5.82 Å². The molecule has 18 heavy (non-hydrogen) atoms. The number of carboxylic acids is 1. The topological polar surface area (TPSA) is 62.2 Å². The lowest BCUT2D eigenvalue weighted by Gasteiger charge is -2.08. The van der Waals surface area contributed by atoms with Gasteiger partial charge in [-0.05, 0) is 18.6 Å². The number of aromatic carboxylic acids is 1. The van der Waals surface area contributed by atoms with Gasteiger partial charge in [-0.3, -0.25) is 0 Å². The van der Waals surface area contributed by atoms with Gasteiger partial charge in [-0.15, -0.1) is 0 Å². The summed E-state index contributed by atoms with van der Waals surface area (Å²) in [7, 11) is 0. The first-order valence-corrected chi connectivity index (χ1v) is 6.09. The van der Waals surface area contributed by atoms with Crippen LogP contribution in [-0.4, -0.2) is 22.6 Å². The molecule has 2 aromatic rings. The number of anilines is 1. The number of carbonyl (C=O) groups is 1. The summed E-state index contributed by atoms with van der Waals surface area (Å²) in [5, 5.41) is 13.1. The number of pyridine rings is 1. The third-order valence-electron chi connectivity index (χ3n) is 2.78. The van der Waals surface area contributed by atoms with Crippen LogP contribution in [0.25, 0.3) is 10.9 Å². The minimum absolute atomic E-state index is 0.291. The highest BCUT2D eigenvalue weighted by Gasteiger charge is 2.10. The molecule has 1 aromatic carbocycles. The van der Waals surface area contributed by atoms with Crippen LogP contribution in [0.5, 0.6) is 0 Å². The van der Waals surface area contributed by atoms with Crippen molar-refractivity contribution in [1.82, 2.24) is 4.98 Å². The van der Waals surface area contributed by atoms with Crippen LogP contribution in [0, 0.1) is 0 Å². The van der Waals surface area contributed by atoms with Crippen LogP contribution in [0.1, 0.15) is 30.1 Å². The molecule has 0 saturated heterocycles. The molecule has 0 saturated carbocycles. The smallest absolute Gasteiger partial charge is 0.336 e. The van der Waals surface area contributed by atoms with Crippen molar-refractivity contribution in [2.45, 2.75) is 19.8 Å². The minimum Gasteiger partial charge on any atom is -0.478 e. The lowest BCUT2D eigenvalue weighted by Crippen LogP contribution is -2.06. The van der Waals surface area contributed by atoms with Crippen molar-refractivity contribution in [1.29, 1.82) is 0 Å². The fourth-order valence-corrected chi connectivity index (χ4v) is 1.84. The molecule has 1 heterocycles. The standard InChI is InChI=1S/C14H16N2O2/c1-2-3-8-15-13-9-11(14(17)18)10-6-4-5-7-12(10)16-13/h4-7,9H,2-3,8H2,1H3,(H,15,16)(H,17,18). The van der Waals surface area contributed by atoms with E-state index >= 15 is 0 Å². The number of nitrogens with zero attached hydrogens (tertiary/aromatic N) is 1. The van der Waals surface area contributed by atoms with E-state index in [1.165, 1.54) is 0 Å². The highest BCUT2D eigenvalue weighted by Crippen LogP contribution is 2.20. The number of benzene rings is 1. The summed E-state index contributed by atoms with van der Waals surface area (Å²) in [5.41, 5.74) is 0.996. The van der Waals surface area contributed by atoms with Crippen LogP contribution in [0.15, 0.2) is 30.3 Å². The number of nitrogens with one attached hydrogen (secondary N) is 1. The molecule has 0 aliphatic rings. The number of fused-ring (bicyclic) bond motifs is 1. The first-order valence-electron chi connectivity index (χ1n) is 6.09. The Kier molecular flexibility index (Phi) is 3.77. The number of aromatic nitrogens is 1. The molecule has 0 spiro atoms. The van der Waals surface area contributed by atoms with Gasteiger partial charge in [-0.25, -0.2) is 9.78 Å². The zero-order valence-electron chi connectivity index (χ0n) is 10.3. The normalized spacial score (nSPS) is 10.5. The van der Waals surface area contributed by atoms with Crippen LogP contribution >= 0.6 is 0 Å². The monoisotopic (exact) mass is 244 g/mol. The summed E-state index contributed by atoms with van der Waals surface area (Å²) < 4.78 is 0. The maximum Gasteiger partial charge on any atom is 0.336 e. The third-order valence-corrected chi connectivity index (χ3v) is 2.78. The maximum absolute atomic E-state index is 11.2. The molecule has 0 aliphatic heterocycles. The van der Waals surface area contributed by atoms with Crippen molar-refractivity contribution < 1.29 is 9.90 Å². The molecular weight excluding hydrogens is 228 g/mol. The zero-order valence-corrected chi connectivity index (χ0v) is 10.3. The number of unbranched alkanes of at least 4 members (excludes halogenated alkanes) is 1. The van der Waals surface area contributed by atoms with Gasteiger partial charge < -0.3 is 10.4 Å². The molecule has 0 fully saturated rings. The lowest BCUT2D eigenvalue weighted by molar-refractivity contribution is 0.0699. The van der Waals surface area contributed by atoms with Crippen molar-refractivity contribution in [2.24, 2.45) is 0 Å². The number of hydrogen-bond acceptors (Lipinski definition) is 3. The van der Waals surface area contributed by atoms with E-state index in [1.54, 1.807) is 12.1 Å². The van der Waals surface area contributed by atoms with Crippen molar-refractivity contribution in [3.63, 3.8) is 0 Å². The van der Waals surface area contributed by atoms with E-state index in [1.807, 2.05) is 18.2 Å². The molecule has 0 bridgehead atoms. The van der Waals surface area contributed by atoms with Gasteiger partial charge in [0, 0.05) is 11.9 Å². The van der Waals surface area contributed by atoms with Crippen molar-refractivity contribution in [3.05, 3.63) is 35.9 Å². The molecular formula is C14H16N2O2. The van der Waals surface area contributed by atoms with Gasteiger partial charge >= 0.3 is 5.97 Å². The van der Waals surface area contributed by atoms with Crippen molar-refractivity contribution >= 4 is 22.7 Å². The van der Waals surface area contributed by atoms with Crippen LogP contribution in [0.4, 0.5) is 5.82 Å². The van der Waals surface area contributed by atoms with E-state index in [-0.39, 0.29) is 0 Å². The van der Waals surface area contributed by atoms with E-state index in [2.05, 4.69) is 17.2 Å². The van der Waals surface area contributed by atoms with E-state index in [0.29, 0.717) is 22.3 Å². The molecule has 4 nitrogen and oxygen atoms in total. The summed E-state index contributed by atoms with van der Waals surface area (Å²) in [6.45, 7) is 2.92. The Balaban J connectivity index is 2.41. The summed E-state index contributed by atoms with van der Waals surface area (Å²) in [5.74, 6) is -0.299. The molecule has 0 radical (unpaired) electrons. The average Bonchev–Trinajstić information content (AvgIpc) is 2.38. The number of hydrogen-bond donors (Lipinski definition) is 2. The van der Waals surface area contributed by atoms with Gasteiger partial charge in [0.15, 0.2) is 0 Å². The summed E-state index contributed by atoms with van der Waals surface area (Å²) in [4.78, 5) is 15.7. The fraction of sp³-hybridized carbons (Fsp3) is 0.286. The van der Waals surface area contributed by atoms with E-state index in [0.717, 1.165) is 19.4 Å². The maximum atomic E-state index is 11.2. The van der Waals surface area contributed by atoms with E-state index in [9.17, 15) is 9.90 Å². The Morgan fingerprint density at radius 3 is 2.89 bits per heavy atom. The summed E-state index contributed by atoms with van der Waals surface area (Å²) in [6, 6.07) is 8.88. The minimum atomic E-state index is -0.924. The second-order valence-corrected chi connectivity index (χ2v) is 4.16. The highest BCUT2D eigenvalue weighted by molar-refractivity contribution is 6.03. The number of rotatable bonds is 5. The summed E-state index contributed by atoms with van der Waals surface area (Å²) >= 11 is 0. The molecule has 0 aliphatic carbocycles. The number of para-hydroxylation sites is 1. The quantitative estimate of drug-likeness (QED) is 0.793. The third kappa shape index (κ3) is 2.59. The summed E-state index contributed by atoms with van der Waals surface area (Å²) in [6.07, 6.45) is 2.13. The molecule has 2 N–H and O–H groups in total. The molecule has 0 amide bonds. The first kappa shape index (κ1) is 12.4. The fourth-order valence-electron chi connectivity index (χ4n) is 1.84. The first-order chi connectivity index (χ1) is 8.72. The Morgan fingerprint density at radius 1 is 1.39 bits per heavy atom. The zero-order chi connectivity index (χ0) is 13.0. The van der Waals surface area contributed by atoms with Gasteiger partial charge in [-0.1, -0.05) is 31.5 Å². The second kappa shape index (κ2) is 5.49. The van der Waals surface area contributed by atoms with Gasteiger partial charge in [0.2, 0.25) is 0 Å². The van der Waals surface area contributed by atoms with Crippen molar-refractivity contribution in [2.75, 3.05) is 11.9 Å². The second-order valence-electron chi connectivity index (χ2n) is 4.16. The van der Waals surface area contributed by atoms with Crippen LogP contribution in [-0.2, 0) is 0 Å². The molecule has 0 atom stereocenters. The predicted molar refractivity (Wildman–Crippen MR) is 72.1 cm³/mol. The van der Waals surface area contributed by atoms with Gasteiger partial charge in [0.05, 0.1) is 11.1 Å². The van der Waals surface area contributed by atoms with Crippen LogP contribution in [0.3, 0.4) is 0 Å². The Bertz CT molecular complexity index is 567. The van der Waals surface area contributed by atoms with Crippen LogP contribution in [0.2, 0.25) is 0 Å². The van der Waals surface area contributed by atoms with Gasteiger partial charge in [0.25, 0.3) is 0 Å². The largest absolute Gasteiger partial charge is 0.478 e. The molecule has 4 heteroatoms. The van der Waals surface area contributed by atoms with Gasteiger partial charge in [-0.2, -0.15) is 0 Å². The highest BCUT2D eigenvalue weighted by atomic mass is 16.4. The molecule has 94 valence electrons. The van der Waals surface area contributed by atoms with Crippen molar-refractivity contribution in [3.8, 4) is 0 Å².